The molecule has 0 bridgehead atoms. The fraction of sp³-hybridized carbons (Fsp3) is 0.431. The van der Waals surface area contributed by atoms with Gasteiger partial charge in [0.2, 0.25) is 5.75 Å². The highest BCUT2D eigenvalue weighted by Crippen LogP contribution is 2.50. The van der Waals surface area contributed by atoms with E-state index in [1.165, 1.54) is 6.42 Å². The van der Waals surface area contributed by atoms with E-state index in [9.17, 15) is 14.4 Å². The first-order valence-corrected chi connectivity index (χ1v) is 31.8. The molecule has 3 N–H and O–H groups in total. The maximum absolute atomic E-state index is 13.6. The Morgan fingerprint density at radius 3 is 1.59 bits per heavy atom. The number of benzene rings is 4. The number of piperidine rings is 1. The maximum Gasteiger partial charge on any atom is 0.410 e. The lowest BCUT2D eigenvalue weighted by Crippen LogP contribution is -2.51. The molecule has 24 nitrogen and oxygen atoms in total. The number of carbonyl (C=O) groups excluding carboxylic acids is 3. The second kappa shape index (κ2) is 29.3. The van der Waals surface area contributed by atoms with E-state index >= 15 is 0 Å². The van der Waals surface area contributed by atoms with Crippen LogP contribution in [0.4, 0.5) is 4.79 Å². The smallest absolute Gasteiger partial charge is 0.410 e. The van der Waals surface area contributed by atoms with Crippen LogP contribution in [0.2, 0.25) is 0 Å². The Morgan fingerprint density at radius 2 is 1.12 bits per heavy atom. The third-order valence-corrected chi connectivity index (χ3v) is 16.7. The van der Waals surface area contributed by atoms with Crippen LogP contribution in [0.5, 0.6) is 40.2 Å². The van der Waals surface area contributed by atoms with Crippen LogP contribution in [0.3, 0.4) is 0 Å². The highest BCUT2D eigenvalue weighted by atomic mass is 16.6. The van der Waals surface area contributed by atoms with E-state index in [0.29, 0.717) is 144 Å². The van der Waals surface area contributed by atoms with Crippen molar-refractivity contribution in [3.05, 3.63) is 88.7 Å². The molecule has 2 atom stereocenters. The molecule has 0 saturated carbocycles. The Labute approximate surface area is 559 Å². The predicted molar refractivity (Wildman–Crippen MR) is 369 cm³/mol. The van der Waals surface area contributed by atoms with Crippen LogP contribution in [-0.2, 0) is 9.53 Å². The monoisotopic (exact) mass is 1320 g/mol. The highest BCUT2D eigenvalue weighted by molar-refractivity contribution is 6.16. The van der Waals surface area contributed by atoms with Gasteiger partial charge in [0, 0.05) is 82.3 Å². The van der Waals surface area contributed by atoms with Crippen molar-refractivity contribution in [2.75, 3.05) is 66.8 Å². The van der Waals surface area contributed by atoms with Crippen molar-refractivity contribution in [2.45, 2.75) is 142 Å². The van der Waals surface area contributed by atoms with Crippen molar-refractivity contribution in [1.82, 2.24) is 55.3 Å². The van der Waals surface area contributed by atoms with Gasteiger partial charge in [-0.05, 0) is 144 Å². The summed E-state index contributed by atoms with van der Waals surface area (Å²) in [4.78, 5) is 66.0. The Morgan fingerprint density at radius 1 is 0.625 bits per heavy atom. The number of amides is 2. The number of aryl methyl sites for hydroxylation is 6. The Kier molecular flexibility index (Phi) is 21.5. The molecule has 4 aromatic carbocycles. The number of hydrogen-bond donors (Lipinski definition) is 3. The lowest BCUT2D eigenvalue weighted by molar-refractivity contribution is -0.120. The fourth-order valence-electron chi connectivity index (χ4n) is 12.6. The number of aromatic amines is 2. The van der Waals surface area contributed by atoms with Crippen LogP contribution in [0.15, 0.2) is 57.6 Å². The normalized spacial score (nSPS) is 15.6. The summed E-state index contributed by atoms with van der Waals surface area (Å²) in [5.74, 6) is 5.98. The molecule has 14 rings (SSSR count). The van der Waals surface area contributed by atoms with Gasteiger partial charge >= 0.3 is 6.09 Å². The number of rotatable bonds is 9. The van der Waals surface area contributed by atoms with Crippen molar-refractivity contribution in [3.63, 3.8) is 0 Å². The molecule has 24 heteroatoms. The van der Waals surface area contributed by atoms with Crippen molar-refractivity contribution < 1.29 is 61.3 Å². The van der Waals surface area contributed by atoms with Gasteiger partial charge in [-0.1, -0.05) is 39.0 Å². The third kappa shape index (κ3) is 13.8. The SMILES string of the molecule is C.C.CC.COc1cc2c(cc1-c1c(C)noc1C)[nH]c1nc(C)nc(-c3ccc(C(=O)N4CCN[C@@H](C)C4)c4c3OCCO4)c12.COc1cc2c(cc1-c1c(C)noc1C)[nH]c1nc(C)nc(-c3ccc(OC=O)c4c3OCCO4)c12.C[C@H]1CCCCN1C(=O)OC(C)(C)C. The van der Waals surface area contributed by atoms with Gasteiger partial charge in [-0.3, -0.25) is 9.59 Å². The number of fused-ring (bicyclic) bond motifs is 8. The van der Waals surface area contributed by atoms with Crippen molar-refractivity contribution in [2.24, 2.45) is 0 Å². The van der Waals surface area contributed by atoms with E-state index in [1.54, 1.807) is 20.3 Å². The molecule has 2 fully saturated rings. The molecule has 2 saturated heterocycles. The quantitative estimate of drug-likeness (QED) is 0.113. The van der Waals surface area contributed by atoms with Crippen LogP contribution in [0.25, 0.3) is 88.6 Å². The summed E-state index contributed by atoms with van der Waals surface area (Å²) in [5.41, 5.74) is 11.1. The molecule has 4 aliphatic rings. The van der Waals surface area contributed by atoms with Crippen molar-refractivity contribution in [3.8, 4) is 85.0 Å². The lowest BCUT2D eigenvalue weighted by atomic mass is 9.98. The van der Waals surface area contributed by atoms with E-state index in [1.807, 2.05) is 128 Å². The van der Waals surface area contributed by atoms with Crippen LogP contribution in [-0.4, -0.2) is 153 Å². The van der Waals surface area contributed by atoms with Crippen LogP contribution < -0.4 is 38.5 Å². The summed E-state index contributed by atoms with van der Waals surface area (Å²) < 4.78 is 57.0. The topological polar surface area (TPSA) is 279 Å². The summed E-state index contributed by atoms with van der Waals surface area (Å²) in [6.07, 6.45) is 3.26. The average Bonchev–Trinajstić information content (AvgIpc) is 1.56. The van der Waals surface area contributed by atoms with Crippen LogP contribution in [0.1, 0.15) is 127 Å². The Balaban J connectivity index is 0.000000182. The number of hydrogen-bond acceptors (Lipinski definition) is 20. The summed E-state index contributed by atoms with van der Waals surface area (Å²) in [7, 11) is 3.28. The molecule has 0 spiro atoms. The molecular formula is C72H89N11O13. The molecule has 96 heavy (non-hydrogen) atoms. The van der Waals surface area contributed by atoms with Crippen LogP contribution >= 0.6 is 0 Å². The number of nitrogens with zero attached hydrogens (tertiary/aromatic N) is 8. The molecule has 0 aliphatic carbocycles. The van der Waals surface area contributed by atoms with Gasteiger partial charge in [-0.15, -0.1) is 0 Å². The Hall–Kier alpha value is -9.97. The minimum absolute atomic E-state index is 0. The van der Waals surface area contributed by atoms with Gasteiger partial charge in [0.1, 0.15) is 78.0 Å². The molecule has 6 aromatic heterocycles. The number of carbonyl (C=O) groups is 3. The number of ether oxygens (including phenoxy) is 8. The number of methoxy groups -OCH3 is 2. The Bertz CT molecular complexity index is 4460. The van der Waals surface area contributed by atoms with Gasteiger partial charge in [-0.2, -0.15) is 0 Å². The largest absolute Gasteiger partial charge is 0.496 e. The third-order valence-electron chi connectivity index (χ3n) is 16.7. The van der Waals surface area contributed by atoms with Crippen LogP contribution in [0, 0.1) is 41.5 Å². The predicted octanol–water partition coefficient (Wildman–Crippen LogP) is 14.3. The molecule has 0 radical (unpaired) electrons. The lowest BCUT2D eigenvalue weighted by Gasteiger charge is -2.34. The second-order valence-corrected chi connectivity index (χ2v) is 24.4. The summed E-state index contributed by atoms with van der Waals surface area (Å²) in [5, 5.41) is 15.0. The minimum Gasteiger partial charge on any atom is -0.496 e. The first-order valence-electron chi connectivity index (χ1n) is 31.8. The zero-order valence-corrected chi connectivity index (χ0v) is 56.0. The van der Waals surface area contributed by atoms with Gasteiger partial charge in [0.15, 0.2) is 23.0 Å². The summed E-state index contributed by atoms with van der Waals surface area (Å²) in [6, 6.07) is 15.8. The molecular weight excluding hydrogens is 1230 g/mol. The first kappa shape index (κ1) is 70.3. The van der Waals surface area contributed by atoms with E-state index in [4.69, 9.17) is 61.9 Å². The van der Waals surface area contributed by atoms with Gasteiger partial charge in [0.25, 0.3) is 12.4 Å². The zero-order valence-electron chi connectivity index (χ0n) is 56.0. The van der Waals surface area contributed by atoms with Crippen molar-refractivity contribution in [1.29, 1.82) is 0 Å². The van der Waals surface area contributed by atoms with Gasteiger partial charge < -0.3 is 72.0 Å². The van der Waals surface area contributed by atoms with E-state index in [-0.39, 0.29) is 44.2 Å². The number of aromatic nitrogens is 8. The highest BCUT2D eigenvalue weighted by Gasteiger charge is 2.33. The summed E-state index contributed by atoms with van der Waals surface area (Å²) >= 11 is 0. The molecule has 2 amide bonds. The number of piperazine rings is 1. The zero-order chi connectivity index (χ0) is 66.9. The first-order chi connectivity index (χ1) is 45.2. The van der Waals surface area contributed by atoms with E-state index < -0.39 is 0 Å². The molecule has 510 valence electrons. The number of H-pyrrole nitrogens is 2. The fourth-order valence-corrected chi connectivity index (χ4v) is 12.6. The summed E-state index contributed by atoms with van der Waals surface area (Å²) in [6.45, 7) is 29.8. The van der Waals surface area contributed by atoms with E-state index in [2.05, 4.69) is 44.4 Å². The van der Waals surface area contributed by atoms with Gasteiger partial charge in [0.05, 0.1) is 64.5 Å². The maximum atomic E-state index is 13.6. The number of likely N-dealkylation sites (tertiary alicyclic amines) is 1. The van der Waals surface area contributed by atoms with E-state index in [0.717, 1.165) is 97.7 Å². The standard InChI is InChI=1S/C31H32N6O5.C26H22N4O6.C11H21NO2.C2H6.2CH4/c1-15-14-37(9-8-32-15)31(38)20-7-6-19(28-29(20)41-11-10-40-28)27-26-21-13-24(39-5)22(25-16(2)36-42-17(25)3)12-23(21)35-30(26)34-18(4)33-27;1-12-21(13(2)36-30-12)17-9-18-16(10-20(17)32-4)22-23(27-14(3)28-26(22)29-18)15-5-6-19(35-11-31)25-24(15)33-7-8-34-25;1-9-7-5-6-8-12(9)10(13)14-11(2,3)4;1-2;;/h6-7,12-13,15,32H,8-11,14H2,1-5H3,(H,33,34,35);5-6,9-11H,7-8H2,1-4H3,(H,27,28,29);9H,5-8H2,1-4H3;1-2H3;2*1H4/t15-;;9-;;;/m0.0.../s1. The molecule has 4 aliphatic heterocycles. The average molecular weight is 1320 g/mol. The van der Waals surface area contributed by atoms with Gasteiger partial charge in [-0.25, -0.2) is 24.7 Å². The molecule has 10 aromatic rings. The molecule has 0 unspecified atom stereocenters. The number of nitrogens with one attached hydrogen (secondary N) is 3. The minimum atomic E-state index is -0.381. The molecule has 10 heterocycles. The van der Waals surface area contributed by atoms with Crippen molar-refractivity contribution >= 4 is 62.3 Å². The second-order valence-electron chi connectivity index (χ2n) is 24.4.